The van der Waals surface area contributed by atoms with Crippen molar-refractivity contribution in [2.75, 3.05) is 18.1 Å². The zero-order valence-corrected chi connectivity index (χ0v) is 14.5. The molecular weight excluding hydrogens is 288 g/mol. The number of hydrogen-bond donors (Lipinski definition) is 2. The van der Waals surface area contributed by atoms with Gasteiger partial charge in [0.15, 0.2) is 0 Å². The van der Waals surface area contributed by atoms with E-state index in [1.165, 1.54) is 51.4 Å². The molecule has 0 aliphatic carbocycles. The van der Waals surface area contributed by atoms with E-state index < -0.39 is 0 Å². The van der Waals surface area contributed by atoms with E-state index in [1.807, 2.05) is 0 Å². The largest absolute Gasteiger partial charge is 0.462 e. The molecule has 23 heavy (non-hydrogen) atoms. The molecule has 0 heterocycles. The third kappa shape index (κ3) is 7.91. The van der Waals surface area contributed by atoms with E-state index >= 15 is 0 Å². The molecule has 1 aromatic carbocycles. The van der Waals surface area contributed by atoms with E-state index in [2.05, 4.69) is 6.92 Å². The molecule has 0 bridgehead atoms. The van der Waals surface area contributed by atoms with E-state index in [0.717, 1.165) is 12.8 Å². The maximum absolute atomic E-state index is 11.9. The van der Waals surface area contributed by atoms with E-state index in [9.17, 15) is 4.79 Å². The van der Waals surface area contributed by atoms with Gasteiger partial charge in [-0.15, -0.1) is 0 Å². The number of unbranched alkanes of at least 4 members (excludes halogenated alkanes) is 9. The van der Waals surface area contributed by atoms with Gasteiger partial charge >= 0.3 is 5.97 Å². The molecule has 1 aromatic rings. The van der Waals surface area contributed by atoms with Gasteiger partial charge in [-0.05, 0) is 18.6 Å². The average Bonchev–Trinajstić information content (AvgIpc) is 2.55. The molecular formula is C19H32N2O2. The highest BCUT2D eigenvalue weighted by Crippen LogP contribution is 2.20. The highest BCUT2D eigenvalue weighted by Gasteiger charge is 2.12. The molecule has 4 N–H and O–H groups in total. The lowest BCUT2D eigenvalue weighted by Gasteiger charge is -2.08. The fraction of sp³-hybridized carbons (Fsp3) is 0.632. The Morgan fingerprint density at radius 2 is 1.48 bits per heavy atom. The Hall–Kier alpha value is -1.71. The van der Waals surface area contributed by atoms with Crippen molar-refractivity contribution in [1.82, 2.24) is 0 Å². The van der Waals surface area contributed by atoms with E-state index in [4.69, 9.17) is 16.2 Å². The van der Waals surface area contributed by atoms with Gasteiger partial charge in [-0.2, -0.15) is 0 Å². The molecule has 4 heteroatoms. The summed E-state index contributed by atoms with van der Waals surface area (Å²) in [5, 5.41) is 0. The number of hydrogen-bond acceptors (Lipinski definition) is 4. The third-order valence-electron chi connectivity index (χ3n) is 4.09. The Bertz CT molecular complexity index is 461. The van der Waals surface area contributed by atoms with Crippen molar-refractivity contribution >= 4 is 17.3 Å². The predicted octanol–water partition coefficient (Wildman–Crippen LogP) is 4.93. The van der Waals surface area contributed by atoms with Gasteiger partial charge in [-0.1, -0.05) is 70.8 Å². The second-order valence-corrected chi connectivity index (χ2v) is 6.13. The highest BCUT2D eigenvalue weighted by molar-refractivity contribution is 5.97. The first-order valence-corrected chi connectivity index (χ1v) is 8.98. The minimum atomic E-state index is -0.384. The van der Waals surface area contributed by atoms with Crippen LogP contribution in [0.2, 0.25) is 0 Å². The number of nitrogen functional groups attached to an aromatic ring is 2. The standard InChI is InChI=1S/C19H32N2O2/c1-2-3-4-5-6-7-8-9-10-11-15-23-19(22)16-13-12-14-17(20)18(16)21/h12-14H,2-11,15,20-21H2,1H3. The summed E-state index contributed by atoms with van der Waals surface area (Å²) < 4.78 is 5.26. The van der Waals surface area contributed by atoms with Crippen LogP contribution < -0.4 is 11.5 Å². The summed E-state index contributed by atoms with van der Waals surface area (Å²) in [6.07, 6.45) is 12.6. The molecule has 0 unspecified atom stereocenters. The van der Waals surface area contributed by atoms with Crippen LogP contribution in [0, 0.1) is 0 Å². The summed E-state index contributed by atoms with van der Waals surface area (Å²) in [6, 6.07) is 5.03. The summed E-state index contributed by atoms with van der Waals surface area (Å²) in [4.78, 5) is 11.9. The summed E-state index contributed by atoms with van der Waals surface area (Å²) >= 11 is 0. The van der Waals surface area contributed by atoms with Gasteiger partial charge in [0, 0.05) is 0 Å². The van der Waals surface area contributed by atoms with Crippen molar-refractivity contribution in [2.24, 2.45) is 0 Å². The van der Waals surface area contributed by atoms with Gasteiger partial charge in [0.2, 0.25) is 0 Å². The fourth-order valence-corrected chi connectivity index (χ4v) is 2.59. The molecule has 0 spiro atoms. The molecule has 0 saturated heterocycles. The van der Waals surface area contributed by atoms with Crippen molar-refractivity contribution in [3.63, 3.8) is 0 Å². The van der Waals surface area contributed by atoms with Crippen LogP contribution in [0.15, 0.2) is 18.2 Å². The number of rotatable bonds is 12. The van der Waals surface area contributed by atoms with Crippen molar-refractivity contribution in [3.05, 3.63) is 23.8 Å². The molecule has 0 aliphatic heterocycles. The molecule has 0 fully saturated rings. The smallest absolute Gasteiger partial charge is 0.340 e. The molecule has 0 aliphatic rings. The Kier molecular flexibility index (Phi) is 9.92. The number of nitrogens with two attached hydrogens (primary N) is 2. The quantitative estimate of drug-likeness (QED) is 0.325. The van der Waals surface area contributed by atoms with Crippen molar-refractivity contribution in [2.45, 2.75) is 71.1 Å². The monoisotopic (exact) mass is 320 g/mol. The maximum Gasteiger partial charge on any atom is 0.340 e. The van der Waals surface area contributed by atoms with Crippen LogP contribution >= 0.6 is 0 Å². The molecule has 0 amide bonds. The SMILES string of the molecule is CCCCCCCCCCCCOC(=O)c1cccc(N)c1N. The first-order valence-electron chi connectivity index (χ1n) is 8.98. The lowest BCUT2D eigenvalue weighted by molar-refractivity contribution is 0.0499. The summed E-state index contributed by atoms with van der Waals surface area (Å²) in [6.45, 7) is 2.69. The first kappa shape index (κ1) is 19.3. The van der Waals surface area contributed by atoms with Crippen LogP contribution in [0.5, 0.6) is 0 Å². The molecule has 0 aromatic heterocycles. The number of carbonyl (C=O) groups is 1. The maximum atomic E-state index is 11.9. The molecule has 1 rings (SSSR count). The summed E-state index contributed by atoms with van der Waals surface area (Å²) in [5.41, 5.74) is 12.6. The van der Waals surface area contributed by atoms with E-state index in [1.54, 1.807) is 18.2 Å². The number of para-hydroxylation sites is 1. The highest BCUT2D eigenvalue weighted by atomic mass is 16.5. The van der Waals surface area contributed by atoms with Gasteiger partial charge < -0.3 is 16.2 Å². The minimum absolute atomic E-state index is 0.306. The third-order valence-corrected chi connectivity index (χ3v) is 4.09. The average molecular weight is 320 g/mol. The Labute approximate surface area is 140 Å². The van der Waals surface area contributed by atoms with Crippen LogP contribution in [0.1, 0.15) is 81.5 Å². The minimum Gasteiger partial charge on any atom is -0.462 e. The number of esters is 1. The van der Waals surface area contributed by atoms with E-state index in [-0.39, 0.29) is 5.97 Å². The van der Waals surface area contributed by atoms with E-state index in [0.29, 0.717) is 23.5 Å². The summed E-state index contributed by atoms with van der Waals surface area (Å²) in [7, 11) is 0. The first-order chi connectivity index (χ1) is 11.2. The van der Waals surface area contributed by atoms with Crippen molar-refractivity contribution in [3.8, 4) is 0 Å². The number of ether oxygens (including phenoxy) is 1. The number of carbonyl (C=O) groups excluding carboxylic acids is 1. The lowest BCUT2D eigenvalue weighted by atomic mass is 10.1. The normalized spacial score (nSPS) is 10.7. The number of anilines is 2. The van der Waals surface area contributed by atoms with Gasteiger partial charge in [0.1, 0.15) is 0 Å². The topological polar surface area (TPSA) is 78.3 Å². The molecule has 0 atom stereocenters. The second-order valence-electron chi connectivity index (χ2n) is 6.13. The van der Waals surface area contributed by atoms with Crippen LogP contribution in [0.25, 0.3) is 0 Å². The van der Waals surface area contributed by atoms with Crippen LogP contribution in [0.4, 0.5) is 11.4 Å². The van der Waals surface area contributed by atoms with Gasteiger partial charge in [0.25, 0.3) is 0 Å². The zero-order valence-electron chi connectivity index (χ0n) is 14.5. The Morgan fingerprint density at radius 1 is 0.913 bits per heavy atom. The van der Waals surface area contributed by atoms with Crippen LogP contribution in [0.3, 0.4) is 0 Å². The van der Waals surface area contributed by atoms with Crippen molar-refractivity contribution in [1.29, 1.82) is 0 Å². The van der Waals surface area contributed by atoms with Gasteiger partial charge in [-0.25, -0.2) is 4.79 Å². The Morgan fingerprint density at radius 3 is 2.09 bits per heavy atom. The Balaban J connectivity index is 2.03. The van der Waals surface area contributed by atoms with Gasteiger partial charge in [0.05, 0.1) is 23.5 Å². The molecule has 130 valence electrons. The fourth-order valence-electron chi connectivity index (χ4n) is 2.59. The molecule has 4 nitrogen and oxygen atoms in total. The van der Waals surface area contributed by atoms with Gasteiger partial charge in [-0.3, -0.25) is 0 Å². The van der Waals surface area contributed by atoms with Crippen LogP contribution in [-0.2, 0) is 4.74 Å². The molecule has 0 saturated carbocycles. The van der Waals surface area contributed by atoms with Crippen molar-refractivity contribution < 1.29 is 9.53 Å². The predicted molar refractivity (Wildman–Crippen MR) is 97.4 cm³/mol. The summed E-state index contributed by atoms with van der Waals surface area (Å²) in [5.74, 6) is -0.384. The van der Waals surface area contributed by atoms with Crippen LogP contribution in [-0.4, -0.2) is 12.6 Å². The number of benzene rings is 1. The lowest BCUT2D eigenvalue weighted by Crippen LogP contribution is -2.10. The second kappa shape index (κ2) is 11.8. The molecule has 0 radical (unpaired) electrons. The zero-order chi connectivity index (χ0) is 16.9.